The molecule has 1 aromatic heterocycles. The predicted octanol–water partition coefficient (Wildman–Crippen LogP) is 8.59. The topological polar surface area (TPSA) is 30.2 Å². The lowest BCUT2D eigenvalue weighted by Crippen LogP contribution is -2.01. The average Bonchev–Trinajstić information content (AvgIpc) is 2.92. The predicted molar refractivity (Wildman–Crippen MR) is 146 cm³/mol. The van der Waals surface area contributed by atoms with E-state index in [9.17, 15) is 4.79 Å². The van der Waals surface area contributed by atoms with E-state index < -0.39 is 0 Å². The van der Waals surface area contributed by atoms with Crippen molar-refractivity contribution in [2.45, 2.75) is 0 Å². The summed E-state index contributed by atoms with van der Waals surface area (Å²) in [5.41, 5.74) is 5.72. The van der Waals surface area contributed by atoms with E-state index in [-0.39, 0.29) is 5.43 Å². The smallest absolute Gasteiger partial charge is 0.200 e. The Bertz CT molecular complexity index is 1980. The molecule has 2 nitrogen and oxygen atoms in total. The van der Waals surface area contributed by atoms with E-state index in [4.69, 9.17) is 4.42 Å². The van der Waals surface area contributed by atoms with Crippen LogP contribution in [0.3, 0.4) is 0 Å². The molecule has 164 valence electrons. The first kappa shape index (κ1) is 19.7. The van der Waals surface area contributed by atoms with E-state index in [1.54, 1.807) is 0 Å². The van der Waals surface area contributed by atoms with Crippen LogP contribution >= 0.6 is 0 Å². The number of benzene rings is 6. The Morgan fingerprint density at radius 3 is 1.60 bits per heavy atom. The van der Waals surface area contributed by atoms with Crippen LogP contribution in [0.2, 0.25) is 0 Å². The lowest BCUT2D eigenvalue weighted by atomic mass is 9.96. The van der Waals surface area contributed by atoms with Crippen molar-refractivity contribution in [2.24, 2.45) is 0 Å². The van der Waals surface area contributed by atoms with Crippen molar-refractivity contribution in [3.63, 3.8) is 0 Å². The van der Waals surface area contributed by atoms with Gasteiger partial charge in [0.2, 0.25) is 5.43 Å². The molecule has 0 atom stereocenters. The van der Waals surface area contributed by atoms with Gasteiger partial charge >= 0.3 is 0 Å². The van der Waals surface area contributed by atoms with E-state index in [1.165, 1.54) is 27.3 Å². The third-order valence-corrected chi connectivity index (χ3v) is 6.83. The highest BCUT2D eigenvalue weighted by Gasteiger charge is 2.10. The lowest BCUT2D eigenvalue weighted by Gasteiger charge is -2.09. The second-order valence-corrected chi connectivity index (χ2v) is 8.98. The van der Waals surface area contributed by atoms with Gasteiger partial charge < -0.3 is 4.42 Å². The Hall–Kier alpha value is -4.69. The largest absolute Gasteiger partial charge is 0.456 e. The van der Waals surface area contributed by atoms with Crippen LogP contribution in [0.5, 0.6) is 0 Å². The van der Waals surface area contributed by atoms with Crippen LogP contribution in [0.1, 0.15) is 0 Å². The molecule has 35 heavy (non-hydrogen) atoms. The molecular weight excluding hydrogens is 428 g/mol. The van der Waals surface area contributed by atoms with Gasteiger partial charge in [0.15, 0.2) is 0 Å². The fourth-order valence-corrected chi connectivity index (χ4v) is 4.96. The van der Waals surface area contributed by atoms with E-state index in [1.807, 2.05) is 42.5 Å². The molecule has 0 radical (unpaired) electrons. The van der Waals surface area contributed by atoms with Gasteiger partial charge in [-0.25, -0.2) is 0 Å². The molecule has 0 saturated heterocycles. The molecule has 0 spiro atoms. The molecule has 0 saturated carbocycles. The first-order chi connectivity index (χ1) is 17.2. The van der Waals surface area contributed by atoms with Crippen LogP contribution in [0, 0.1) is 0 Å². The summed E-state index contributed by atoms with van der Waals surface area (Å²) in [5.74, 6) is 0. The van der Waals surface area contributed by atoms with E-state index in [2.05, 4.69) is 78.9 Å². The summed E-state index contributed by atoms with van der Waals surface area (Å²) >= 11 is 0. The highest BCUT2D eigenvalue weighted by Crippen LogP contribution is 2.31. The number of hydrogen-bond donors (Lipinski definition) is 0. The summed E-state index contributed by atoms with van der Waals surface area (Å²) in [6.07, 6.45) is 0. The second kappa shape index (κ2) is 7.68. The lowest BCUT2D eigenvalue weighted by molar-refractivity contribution is 0.660. The molecule has 0 aliphatic rings. The first-order valence-electron chi connectivity index (χ1n) is 11.7. The molecule has 2 heteroatoms. The standard InChI is InChI=1S/C33H20O2/c34-33-29-7-3-4-8-31(29)35-32-16-15-28(20-30(32)33)27-14-13-25-18-24(11-12-26(25)19-27)23-10-9-21-5-1-2-6-22(21)17-23/h1-20H. The summed E-state index contributed by atoms with van der Waals surface area (Å²) in [6.45, 7) is 0. The van der Waals surface area contributed by atoms with E-state index in [0.29, 0.717) is 21.9 Å². The summed E-state index contributed by atoms with van der Waals surface area (Å²) in [4.78, 5) is 13.1. The number of para-hydroxylation sites is 1. The monoisotopic (exact) mass is 448 g/mol. The molecule has 0 amide bonds. The Balaban J connectivity index is 1.31. The normalized spacial score (nSPS) is 11.5. The molecule has 0 unspecified atom stereocenters. The Morgan fingerprint density at radius 2 is 0.886 bits per heavy atom. The fraction of sp³-hybridized carbons (Fsp3) is 0. The van der Waals surface area contributed by atoms with Crippen LogP contribution < -0.4 is 5.43 Å². The zero-order chi connectivity index (χ0) is 23.4. The maximum absolute atomic E-state index is 13.1. The third kappa shape index (κ3) is 3.31. The summed E-state index contributed by atoms with van der Waals surface area (Å²) in [5, 5.41) is 6.06. The van der Waals surface area contributed by atoms with Gasteiger partial charge in [-0.1, -0.05) is 78.9 Å². The van der Waals surface area contributed by atoms with Crippen molar-refractivity contribution in [1.29, 1.82) is 0 Å². The molecule has 7 aromatic rings. The summed E-state index contributed by atoms with van der Waals surface area (Å²) in [7, 11) is 0. The molecule has 7 rings (SSSR count). The van der Waals surface area contributed by atoms with Gasteiger partial charge in [-0.15, -0.1) is 0 Å². The van der Waals surface area contributed by atoms with Crippen molar-refractivity contribution < 1.29 is 4.42 Å². The highest BCUT2D eigenvalue weighted by atomic mass is 16.3. The van der Waals surface area contributed by atoms with Crippen molar-refractivity contribution in [2.75, 3.05) is 0 Å². The van der Waals surface area contributed by atoms with E-state index >= 15 is 0 Å². The van der Waals surface area contributed by atoms with Gasteiger partial charge in [0.05, 0.1) is 10.8 Å². The van der Waals surface area contributed by atoms with Crippen LogP contribution in [0.4, 0.5) is 0 Å². The van der Waals surface area contributed by atoms with Crippen molar-refractivity contribution in [3.8, 4) is 22.3 Å². The number of rotatable bonds is 2. The van der Waals surface area contributed by atoms with Gasteiger partial charge in [-0.3, -0.25) is 4.79 Å². The first-order valence-corrected chi connectivity index (χ1v) is 11.7. The van der Waals surface area contributed by atoms with Crippen LogP contribution in [-0.2, 0) is 0 Å². The average molecular weight is 449 g/mol. The van der Waals surface area contributed by atoms with Gasteiger partial charge in [-0.05, 0) is 86.3 Å². The molecule has 0 bridgehead atoms. The van der Waals surface area contributed by atoms with Crippen molar-refractivity contribution in [1.82, 2.24) is 0 Å². The van der Waals surface area contributed by atoms with Gasteiger partial charge in [0, 0.05) is 0 Å². The molecule has 0 aliphatic carbocycles. The highest BCUT2D eigenvalue weighted by molar-refractivity contribution is 5.95. The zero-order valence-corrected chi connectivity index (χ0v) is 18.9. The van der Waals surface area contributed by atoms with Crippen LogP contribution in [-0.4, -0.2) is 0 Å². The Kier molecular flexibility index (Phi) is 4.33. The minimum atomic E-state index is 0.00418. The minimum absolute atomic E-state index is 0.00418. The fourth-order valence-electron chi connectivity index (χ4n) is 4.96. The maximum atomic E-state index is 13.1. The van der Waals surface area contributed by atoms with Crippen molar-refractivity contribution >= 4 is 43.5 Å². The van der Waals surface area contributed by atoms with Gasteiger partial charge in [-0.2, -0.15) is 0 Å². The summed E-state index contributed by atoms with van der Waals surface area (Å²) < 4.78 is 5.97. The molecular formula is C33H20O2. The maximum Gasteiger partial charge on any atom is 0.200 e. The Labute approximate surface area is 201 Å². The molecule has 0 fully saturated rings. The molecule has 6 aromatic carbocycles. The minimum Gasteiger partial charge on any atom is -0.456 e. The molecule has 0 N–H and O–H groups in total. The molecule has 0 aliphatic heterocycles. The molecule has 1 heterocycles. The SMILES string of the molecule is O=c1c2ccccc2oc2ccc(-c3ccc4cc(-c5ccc6ccccc6c5)ccc4c3)cc12. The van der Waals surface area contributed by atoms with E-state index in [0.717, 1.165) is 16.5 Å². The second-order valence-electron chi connectivity index (χ2n) is 8.98. The Morgan fingerprint density at radius 1 is 0.400 bits per heavy atom. The number of hydrogen-bond acceptors (Lipinski definition) is 2. The van der Waals surface area contributed by atoms with Gasteiger partial charge in [0.1, 0.15) is 11.2 Å². The number of fused-ring (bicyclic) bond motifs is 4. The zero-order valence-electron chi connectivity index (χ0n) is 18.9. The third-order valence-electron chi connectivity index (χ3n) is 6.83. The quantitative estimate of drug-likeness (QED) is 0.248. The summed E-state index contributed by atoms with van der Waals surface area (Å²) in [6, 6.07) is 41.3. The van der Waals surface area contributed by atoms with Crippen LogP contribution in [0.15, 0.2) is 131 Å². The van der Waals surface area contributed by atoms with Crippen LogP contribution in [0.25, 0.3) is 65.7 Å². The van der Waals surface area contributed by atoms with Gasteiger partial charge in [0.25, 0.3) is 0 Å². The van der Waals surface area contributed by atoms with Crippen molar-refractivity contribution in [3.05, 3.63) is 132 Å².